The maximum atomic E-state index is 7.33. The van der Waals surface area contributed by atoms with Gasteiger partial charge in [0.2, 0.25) is 0 Å². The number of rotatable bonds is 0. The largest absolute Gasteiger partial charge is 0.668 e. The molecule has 4 N–H and O–H groups in total. The molecule has 0 aliphatic heterocycles. The quantitative estimate of drug-likeness (QED) is 0.259. The summed E-state index contributed by atoms with van der Waals surface area (Å²) >= 11 is 0. The van der Waals surface area contributed by atoms with E-state index in [0.717, 1.165) is 0 Å². The van der Waals surface area contributed by atoms with Crippen molar-refractivity contribution in [1.82, 2.24) is 0 Å². The van der Waals surface area contributed by atoms with Gasteiger partial charge >= 0.3 is 9.05 Å². The van der Waals surface area contributed by atoms with Crippen LogP contribution in [0.15, 0.2) is 0 Å². The predicted octanol–water partition coefficient (Wildman–Crippen LogP) is -2.99. The second kappa shape index (κ2) is 2.71. The molecule has 0 saturated heterocycles. The third kappa shape index (κ3) is 170. The Kier molecular flexibility index (Phi) is 4.42. The topological polar surface area (TPSA) is 80.9 Å². The molecule has 0 aromatic heterocycles. The SMILES string of the molecule is O[Si](O)(O)O.[Al]. The van der Waals surface area contributed by atoms with E-state index in [1.165, 1.54) is 0 Å². The Bertz CT molecular complexity index is 23.0. The molecule has 6 heavy (non-hydrogen) atoms. The fourth-order valence-corrected chi connectivity index (χ4v) is 0. The summed E-state index contributed by atoms with van der Waals surface area (Å²) in [7, 11) is -4.61. The van der Waals surface area contributed by atoms with Gasteiger partial charge in [-0.2, -0.15) is 0 Å². The van der Waals surface area contributed by atoms with Crippen LogP contribution in [0.5, 0.6) is 0 Å². The lowest BCUT2D eigenvalue weighted by Crippen LogP contribution is -2.33. The molecule has 0 fully saturated rings. The number of hydrogen-bond acceptors (Lipinski definition) is 4. The van der Waals surface area contributed by atoms with Gasteiger partial charge in [0, 0.05) is 17.4 Å². The maximum absolute atomic E-state index is 7.33. The zero-order valence-electron chi connectivity index (χ0n) is 2.87. The second-order valence-corrected chi connectivity index (χ2v) is 1.80. The molecule has 35 valence electrons. The molecular weight excluding hydrogens is 119 g/mol. The molecule has 0 atom stereocenters. The van der Waals surface area contributed by atoms with Crippen LogP contribution in [0.4, 0.5) is 0 Å². The van der Waals surface area contributed by atoms with Gasteiger partial charge in [0.15, 0.2) is 0 Å². The van der Waals surface area contributed by atoms with E-state index in [2.05, 4.69) is 0 Å². The van der Waals surface area contributed by atoms with E-state index in [1.807, 2.05) is 0 Å². The van der Waals surface area contributed by atoms with Crippen LogP contribution >= 0.6 is 0 Å². The highest BCUT2D eigenvalue weighted by molar-refractivity contribution is 6.46. The van der Waals surface area contributed by atoms with Gasteiger partial charge < -0.3 is 19.2 Å². The first-order valence-corrected chi connectivity index (χ1v) is 2.68. The van der Waals surface area contributed by atoms with Gasteiger partial charge in [-0.05, 0) is 0 Å². The molecule has 4 nitrogen and oxygen atoms in total. The van der Waals surface area contributed by atoms with E-state index in [9.17, 15) is 0 Å². The van der Waals surface area contributed by atoms with E-state index in [0.29, 0.717) is 0 Å². The molecule has 0 aromatic rings. The van der Waals surface area contributed by atoms with Crippen LogP contribution in [0.3, 0.4) is 0 Å². The summed E-state index contributed by atoms with van der Waals surface area (Å²) in [6.45, 7) is 0. The van der Waals surface area contributed by atoms with E-state index in [4.69, 9.17) is 19.2 Å². The minimum absolute atomic E-state index is 0. The van der Waals surface area contributed by atoms with Crippen LogP contribution in [0.25, 0.3) is 0 Å². The molecule has 6 heteroatoms. The highest BCUT2D eigenvalue weighted by Crippen LogP contribution is 1.67. The van der Waals surface area contributed by atoms with Crippen molar-refractivity contribution in [2.75, 3.05) is 0 Å². The fourth-order valence-electron chi connectivity index (χ4n) is 0. The lowest BCUT2D eigenvalue weighted by molar-refractivity contribution is 0.117. The van der Waals surface area contributed by atoms with Crippen molar-refractivity contribution in [3.05, 3.63) is 0 Å². The molecule has 3 radical (unpaired) electrons. The van der Waals surface area contributed by atoms with Gasteiger partial charge in [-0.15, -0.1) is 0 Å². The van der Waals surface area contributed by atoms with Crippen molar-refractivity contribution >= 4 is 26.4 Å². The Labute approximate surface area is 46.3 Å². The van der Waals surface area contributed by atoms with Gasteiger partial charge in [-0.3, -0.25) is 0 Å². The molecule has 0 bridgehead atoms. The lowest BCUT2D eigenvalue weighted by Gasteiger charge is -1.91. The number of hydrogen-bond donors (Lipinski definition) is 4. The monoisotopic (exact) mass is 123 g/mol. The summed E-state index contributed by atoms with van der Waals surface area (Å²) in [5.41, 5.74) is 0. The Hall–Kier alpha value is 0.589. The predicted molar refractivity (Wildman–Crippen MR) is 20.4 cm³/mol. The zero-order chi connectivity index (χ0) is 4.50. The van der Waals surface area contributed by atoms with E-state index in [1.54, 1.807) is 0 Å². The average Bonchev–Trinajstić information content (AvgIpc) is 0.722. The van der Waals surface area contributed by atoms with Gasteiger partial charge in [0.1, 0.15) is 0 Å². The molecule has 0 saturated carbocycles. The summed E-state index contributed by atoms with van der Waals surface area (Å²) in [5.74, 6) is 0. The summed E-state index contributed by atoms with van der Waals surface area (Å²) in [6, 6.07) is 0. The minimum Gasteiger partial charge on any atom is -0.368 e. The molecule has 0 aliphatic carbocycles. The molecular formula is H4AlO4Si. The first kappa shape index (κ1) is 9.77. The average molecular weight is 123 g/mol. The molecule has 0 aromatic carbocycles. The molecule has 0 unspecified atom stereocenters. The summed E-state index contributed by atoms with van der Waals surface area (Å²) < 4.78 is 0. The van der Waals surface area contributed by atoms with Crippen molar-refractivity contribution in [1.29, 1.82) is 0 Å². The summed E-state index contributed by atoms with van der Waals surface area (Å²) in [4.78, 5) is 29.3. The van der Waals surface area contributed by atoms with Gasteiger partial charge in [-0.25, -0.2) is 0 Å². The van der Waals surface area contributed by atoms with Crippen LogP contribution in [0, 0.1) is 0 Å². The van der Waals surface area contributed by atoms with Crippen molar-refractivity contribution < 1.29 is 19.2 Å². The summed E-state index contributed by atoms with van der Waals surface area (Å²) in [6.07, 6.45) is 0. The van der Waals surface area contributed by atoms with Crippen LogP contribution in [-0.4, -0.2) is 45.6 Å². The first-order valence-electron chi connectivity index (χ1n) is 0.894. The first-order chi connectivity index (χ1) is 2.00. The van der Waals surface area contributed by atoms with Crippen molar-refractivity contribution in [3.8, 4) is 0 Å². The third-order valence-corrected chi connectivity index (χ3v) is 0. The molecule has 0 rings (SSSR count). The highest BCUT2D eigenvalue weighted by atomic mass is 28.4. The Morgan fingerprint density at radius 2 is 0.833 bits per heavy atom. The standard InChI is InChI=1S/Al.H4O4Si/c;1-5(2,3)4/h;1-4H. The van der Waals surface area contributed by atoms with Crippen LogP contribution in [0.1, 0.15) is 0 Å². The van der Waals surface area contributed by atoms with Gasteiger partial charge in [0.05, 0.1) is 0 Å². The maximum Gasteiger partial charge on any atom is 0.668 e. The van der Waals surface area contributed by atoms with Crippen LogP contribution < -0.4 is 0 Å². The van der Waals surface area contributed by atoms with Crippen molar-refractivity contribution in [3.63, 3.8) is 0 Å². The van der Waals surface area contributed by atoms with Crippen molar-refractivity contribution in [2.24, 2.45) is 0 Å². The van der Waals surface area contributed by atoms with Crippen LogP contribution in [0.2, 0.25) is 0 Å². The van der Waals surface area contributed by atoms with Gasteiger partial charge in [-0.1, -0.05) is 0 Å². The second-order valence-electron chi connectivity index (χ2n) is 0.600. The third-order valence-electron chi connectivity index (χ3n) is 0. The Morgan fingerprint density at radius 3 is 0.833 bits per heavy atom. The zero-order valence-corrected chi connectivity index (χ0v) is 5.02. The molecule has 0 spiro atoms. The van der Waals surface area contributed by atoms with E-state index in [-0.39, 0.29) is 17.4 Å². The van der Waals surface area contributed by atoms with Gasteiger partial charge in [0.25, 0.3) is 0 Å². The van der Waals surface area contributed by atoms with E-state index >= 15 is 0 Å². The molecule has 0 aliphatic rings. The Morgan fingerprint density at radius 1 is 0.833 bits per heavy atom. The highest BCUT2D eigenvalue weighted by Gasteiger charge is 2.22. The van der Waals surface area contributed by atoms with E-state index < -0.39 is 9.05 Å². The Balaban J connectivity index is 0. The smallest absolute Gasteiger partial charge is 0.368 e. The lowest BCUT2D eigenvalue weighted by atomic mass is 15.7. The normalized spacial score (nSPS) is 10.0. The summed E-state index contributed by atoms with van der Waals surface area (Å²) in [5, 5.41) is 0. The van der Waals surface area contributed by atoms with Crippen molar-refractivity contribution in [2.45, 2.75) is 0 Å². The molecule has 0 heterocycles. The molecule has 0 amide bonds. The minimum atomic E-state index is -4.61. The fraction of sp³-hybridized carbons (Fsp3) is 0. The van der Waals surface area contributed by atoms with Crippen LogP contribution in [-0.2, 0) is 0 Å².